The summed E-state index contributed by atoms with van der Waals surface area (Å²) in [5, 5.41) is 3.85. The Kier molecular flexibility index (Phi) is 11.6. The third kappa shape index (κ3) is 8.18. The lowest BCUT2D eigenvalue weighted by Gasteiger charge is -2.34. The monoisotopic (exact) mass is 741 g/mol. The minimum Gasteiger partial charge on any atom is -0.352 e. The number of carbonyl (C=O) groups is 2. The van der Waals surface area contributed by atoms with Crippen molar-refractivity contribution in [2.75, 3.05) is 10.8 Å². The molecule has 7 nitrogen and oxygen atoms in total. The Labute approximate surface area is 271 Å². The van der Waals surface area contributed by atoms with Crippen molar-refractivity contribution in [1.82, 2.24) is 10.2 Å². The Balaban J connectivity index is 1.70. The van der Waals surface area contributed by atoms with Crippen molar-refractivity contribution in [2.24, 2.45) is 0 Å². The maximum Gasteiger partial charge on any atom is 0.264 e. The van der Waals surface area contributed by atoms with E-state index in [-0.39, 0.29) is 23.4 Å². The van der Waals surface area contributed by atoms with Crippen LogP contribution in [0.25, 0.3) is 0 Å². The fraction of sp³-hybridized carbons (Fsp3) is 0.355. The first kappa shape index (κ1) is 32.6. The Morgan fingerprint density at radius 1 is 0.952 bits per heavy atom. The summed E-state index contributed by atoms with van der Waals surface area (Å²) in [6.45, 7) is 1.41. The van der Waals surface area contributed by atoms with Crippen LogP contribution in [0.5, 0.6) is 0 Å². The second-order valence-electron chi connectivity index (χ2n) is 10.3. The first-order chi connectivity index (χ1) is 20.1. The number of hydrogen-bond acceptors (Lipinski definition) is 4. The van der Waals surface area contributed by atoms with Crippen LogP contribution in [-0.4, -0.2) is 43.8 Å². The molecule has 4 rings (SSSR count). The van der Waals surface area contributed by atoms with Gasteiger partial charge in [0.25, 0.3) is 10.0 Å². The van der Waals surface area contributed by atoms with Gasteiger partial charge >= 0.3 is 0 Å². The predicted molar refractivity (Wildman–Crippen MR) is 176 cm³/mol. The van der Waals surface area contributed by atoms with Crippen molar-refractivity contribution < 1.29 is 18.0 Å². The highest BCUT2D eigenvalue weighted by Crippen LogP contribution is 2.27. The molecule has 2 amide bonds. The molecule has 0 saturated heterocycles. The van der Waals surface area contributed by atoms with Crippen LogP contribution in [0.3, 0.4) is 0 Å². The molecule has 0 unspecified atom stereocenters. The molecular formula is C31H34Cl2IN3O4S. The van der Waals surface area contributed by atoms with Gasteiger partial charge in [0, 0.05) is 16.2 Å². The average molecular weight is 743 g/mol. The Morgan fingerprint density at radius 2 is 1.62 bits per heavy atom. The van der Waals surface area contributed by atoms with Crippen LogP contribution < -0.4 is 9.62 Å². The number of hydrogen-bond donors (Lipinski definition) is 1. The molecule has 0 radical (unpaired) electrons. The fourth-order valence-corrected chi connectivity index (χ4v) is 7.27. The molecule has 3 aromatic carbocycles. The largest absolute Gasteiger partial charge is 0.352 e. The lowest BCUT2D eigenvalue weighted by Crippen LogP contribution is -2.54. The van der Waals surface area contributed by atoms with Crippen LogP contribution in [0.1, 0.15) is 51.0 Å². The zero-order chi connectivity index (χ0) is 30.3. The van der Waals surface area contributed by atoms with E-state index in [1.165, 1.54) is 17.0 Å². The van der Waals surface area contributed by atoms with Gasteiger partial charge in [0.15, 0.2) is 0 Å². The van der Waals surface area contributed by atoms with Crippen LogP contribution in [0.4, 0.5) is 5.69 Å². The van der Waals surface area contributed by atoms with Gasteiger partial charge in [-0.15, -0.1) is 0 Å². The molecule has 0 spiro atoms. The lowest BCUT2D eigenvalue weighted by atomic mass is 9.95. The van der Waals surface area contributed by atoms with Gasteiger partial charge in [0.1, 0.15) is 12.6 Å². The zero-order valence-electron chi connectivity index (χ0n) is 23.3. The number of carbonyl (C=O) groups excluding carboxylic acids is 2. The molecule has 1 aliphatic rings. The summed E-state index contributed by atoms with van der Waals surface area (Å²) in [5.41, 5.74) is 1.02. The maximum atomic E-state index is 14.2. The van der Waals surface area contributed by atoms with Crippen LogP contribution in [0.15, 0.2) is 77.7 Å². The molecule has 0 heterocycles. The number of nitrogens with one attached hydrogen (secondary N) is 1. The first-order valence-corrected chi connectivity index (χ1v) is 17.2. The second kappa shape index (κ2) is 14.9. The summed E-state index contributed by atoms with van der Waals surface area (Å²) in [4.78, 5) is 29.4. The first-order valence-electron chi connectivity index (χ1n) is 14.0. The van der Waals surface area contributed by atoms with Gasteiger partial charge in [0.05, 0.1) is 20.6 Å². The van der Waals surface area contributed by atoms with Gasteiger partial charge in [-0.2, -0.15) is 0 Å². The van der Waals surface area contributed by atoms with E-state index in [1.54, 1.807) is 60.7 Å². The van der Waals surface area contributed by atoms with Crippen molar-refractivity contribution in [3.63, 3.8) is 0 Å². The molecule has 1 atom stereocenters. The van der Waals surface area contributed by atoms with Gasteiger partial charge in [-0.25, -0.2) is 8.42 Å². The molecule has 11 heteroatoms. The number of sulfonamides is 1. The Bertz CT molecular complexity index is 1480. The van der Waals surface area contributed by atoms with E-state index in [4.69, 9.17) is 23.2 Å². The summed E-state index contributed by atoms with van der Waals surface area (Å²) in [7, 11) is -4.11. The van der Waals surface area contributed by atoms with E-state index < -0.39 is 28.5 Å². The summed E-state index contributed by atoms with van der Waals surface area (Å²) in [6.07, 6.45) is 5.40. The summed E-state index contributed by atoms with van der Waals surface area (Å²) >= 11 is 14.6. The molecular weight excluding hydrogens is 708 g/mol. The highest BCUT2D eigenvalue weighted by molar-refractivity contribution is 14.1. The van der Waals surface area contributed by atoms with Crippen LogP contribution in [0, 0.1) is 3.57 Å². The van der Waals surface area contributed by atoms with E-state index >= 15 is 0 Å². The normalized spacial score (nSPS) is 14.7. The zero-order valence-corrected chi connectivity index (χ0v) is 27.8. The van der Waals surface area contributed by atoms with E-state index in [0.29, 0.717) is 27.7 Å². The number of halogens is 3. The van der Waals surface area contributed by atoms with Gasteiger partial charge in [0.2, 0.25) is 11.8 Å². The number of nitrogens with zero attached hydrogens (tertiary/aromatic N) is 2. The SMILES string of the molecule is CC[C@H](C(=O)NC1CCCCC1)N(Cc1ccc(Cl)c(Cl)c1)C(=O)CN(c1ccc(I)cc1)S(=O)(=O)c1ccccc1. The van der Waals surface area contributed by atoms with Gasteiger partial charge < -0.3 is 10.2 Å². The van der Waals surface area contributed by atoms with Gasteiger partial charge in [-0.3, -0.25) is 13.9 Å². The molecule has 42 heavy (non-hydrogen) atoms. The lowest BCUT2D eigenvalue weighted by molar-refractivity contribution is -0.140. The number of anilines is 1. The van der Waals surface area contributed by atoms with Crippen LogP contribution in [0.2, 0.25) is 10.0 Å². The van der Waals surface area contributed by atoms with Crippen molar-refractivity contribution in [1.29, 1.82) is 0 Å². The predicted octanol–water partition coefficient (Wildman–Crippen LogP) is 7.05. The van der Waals surface area contributed by atoms with E-state index in [0.717, 1.165) is 40.0 Å². The molecule has 3 aromatic rings. The topological polar surface area (TPSA) is 86.8 Å². The Morgan fingerprint density at radius 3 is 2.24 bits per heavy atom. The van der Waals surface area contributed by atoms with Crippen LogP contribution >= 0.6 is 45.8 Å². The third-order valence-corrected chi connectivity index (χ3v) is 10.6. The molecule has 1 aliphatic carbocycles. The molecule has 0 aliphatic heterocycles. The summed E-state index contributed by atoms with van der Waals surface area (Å²) in [6, 6.07) is 19.2. The quantitative estimate of drug-likeness (QED) is 0.214. The standard InChI is InChI=1S/C31H34Cl2IN3O4S/c1-2-29(31(39)35-24-9-5-3-6-10-24)36(20-22-13-18-27(32)28(33)19-22)30(38)21-37(25-16-14-23(34)15-17-25)42(40,41)26-11-7-4-8-12-26/h4,7-8,11-19,24,29H,2-3,5-6,9-10,20-21H2,1H3,(H,35,39)/t29-/m1/s1. The van der Waals surface area contributed by atoms with Crippen molar-refractivity contribution in [3.05, 3.63) is 92.0 Å². The van der Waals surface area contributed by atoms with E-state index in [2.05, 4.69) is 27.9 Å². The molecule has 0 bridgehead atoms. The minimum absolute atomic E-state index is 0.0538. The van der Waals surface area contributed by atoms with Crippen molar-refractivity contribution >= 4 is 73.3 Å². The smallest absolute Gasteiger partial charge is 0.264 e. The fourth-order valence-electron chi connectivity index (χ4n) is 5.15. The van der Waals surface area contributed by atoms with E-state index in [1.807, 2.05) is 6.92 Å². The van der Waals surface area contributed by atoms with E-state index in [9.17, 15) is 18.0 Å². The van der Waals surface area contributed by atoms with Gasteiger partial charge in [-0.1, -0.05) is 73.7 Å². The average Bonchev–Trinajstić information content (AvgIpc) is 2.99. The minimum atomic E-state index is -4.11. The highest BCUT2D eigenvalue weighted by Gasteiger charge is 2.34. The van der Waals surface area contributed by atoms with Crippen molar-refractivity contribution in [2.45, 2.75) is 69.0 Å². The molecule has 1 N–H and O–H groups in total. The Hall–Kier alpha value is -2.34. The third-order valence-electron chi connectivity index (χ3n) is 7.40. The second-order valence-corrected chi connectivity index (χ2v) is 14.3. The van der Waals surface area contributed by atoms with Gasteiger partial charge in [-0.05, 0) is 95.9 Å². The van der Waals surface area contributed by atoms with Crippen molar-refractivity contribution in [3.8, 4) is 0 Å². The molecule has 1 saturated carbocycles. The van der Waals surface area contributed by atoms with Crippen LogP contribution in [-0.2, 0) is 26.2 Å². The number of benzene rings is 3. The molecule has 224 valence electrons. The summed E-state index contributed by atoms with van der Waals surface area (Å²) in [5.74, 6) is -0.755. The maximum absolute atomic E-state index is 14.2. The number of rotatable bonds is 11. The molecule has 0 aromatic heterocycles. The summed E-state index contributed by atoms with van der Waals surface area (Å²) < 4.78 is 29.8. The number of amides is 2. The molecule has 1 fully saturated rings. The highest BCUT2D eigenvalue weighted by atomic mass is 127.